The molecular formula is C21H22N2O4. The van der Waals surface area contributed by atoms with Crippen molar-refractivity contribution in [2.24, 2.45) is 0 Å². The Balaban J connectivity index is 1.69. The molecule has 140 valence electrons. The van der Waals surface area contributed by atoms with Crippen molar-refractivity contribution in [2.75, 3.05) is 26.6 Å². The van der Waals surface area contributed by atoms with Gasteiger partial charge in [0.1, 0.15) is 17.2 Å². The molecule has 3 aromatic rings. The minimum Gasteiger partial charge on any atom is -0.497 e. The Morgan fingerprint density at radius 2 is 1.70 bits per heavy atom. The van der Waals surface area contributed by atoms with Crippen LogP contribution in [-0.2, 0) is 10.2 Å². The average molecular weight is 366 g/mol. The summed E-state index contributed by atoms with van der Waals surface area (Å²) >= 11 is 0. The summed E-state index contributed by atoms with van der Waals surface area (Å²) in [6.07, 6.45) is 3.53. The van der Waals surface area contributed by atoms with Gasteiger partial charge in [0.2, 0.25) is 5.91 Å². The van der Waals surface area contributed by atoms with Gasteiger partial charge in [-0.25, -0.2) is 0 Å². The van der Waals surface area contributed by atoms with E-state index in [1.54, 1.807) is 39.5 Å². The number of nitrogens with one attached hydrogen (secondary N) is 2. The van der Waals surface area contributed by atoms with Crippen molar-refractivity contribution in [2.45, 2.75) is 18.3 Å². The van der Waals surface area contributed by atoms with Crippen molar-refractivity contribution < 1.29 is 19.0 Å². The summed E-state index contributed by atoms with van der Waals surface area (Å²) in [5, 5.41) is 4.04. The number of aromatic nitrogens is 1. The lowest BCUT2D eigenvalue weighted by Gasteiger charge is -2.17. The third-order valence-electron chi connectivity index (χ3n) is 5.24. The Kier molecular flexibility index (Phi) is 4.18. The monoisotopic (exact) mass is 366 g/mol. The number of fused-ring (bicyclic) bond motifs is 1. The first-order chi connectivity index (χ1) is 13.1. The molecule has 1 amide bonds. The molecular weight excluding hydrogens is 344 g/mol. The minimum atomic E-state index is -0.543. The second-order valence-electron chi connectivity index (χ2n) is 6.72. The number of carbonyl (C=O) groups is 1. The van der Waals surface area contributed by atoms with Crippen molar-refractivity contribution in [3.05, 3.63) is 48.2 Å². The Bertz CT molecular complexity index is 1000. The van der Waals surface area contributed by atoms with Crippen molar-refractivity contribution in [1.29, 1.82) is 0 Å². The minimum absolute atomic E-state index is 0.0437. The van der Waals surface area contributed by atoms with E-state index in [1.807, 2.05) is 24.4 Å². The molecule has 2 aromatic carbocycles. The quantitative estimate of drug-likeness (QED) is 0.695. The van der Waals surface area contributed by atoms with Crippen LogP contribution in [0.5, 0.6) is 17.2 Å². The molecule has 0 atom stereocenters. The smallest absolute Gasteiger partial charge is 0.235 e. The fourth-order valence-corrected chi connectivity index (χ4v) is 3.52. The van der Waals surface area contributed by atoms with Crippen molar-refractivity contribution in [1.82, 2.24) is 4.98 Å². The Morgan fingerprint density at radius 1 is 1.00 bits per heavy atom. The van der Waals surface area contributed by atoms with Crippen molar-refractivity contribution >= 4 is 22.5 Å². The van der Waals surface area contributed by atoms with Gasteiger partial charge < -0.3 is 24.5 Å². The van der Waals surface area contributed by atoms with Crippen molar-refractivity contribution in [3.63, 3.8) is 0 Å². The molecule has 0 bridgehead atoms. The van der Waals surface area contributed by atoms with E-state index in [4.69, 9.17) is 14.2 Å². The van der Waals surface area contributed by atoms with Crippen LogP contribution in [0.15, 0.2) is 42.6 Å². The van der Waals surface area contributed by atoms with Crippen LogP contribution < -0.4 is 19.5 Å². The molecule has 0 saturated heterocycles. The first kappa shape index (κ1) is 17.3. The molecule has 1 aliphatic rings. The normalized spacial score (nSPS) is 14.6. The summed E-state index contributed by atoms with van der Waals surface area (Å²) in [6.45, 7) is 0. The molecule has 1 saturated carbocycles. The Hall–Kier alpha value is -3.15. The van der Waals surface area contributed by atoms with Crippen LogP contribution >= 0.6 is 0 Å². The van der Waals surface area contributed by atoms with Crippen LogP contribution in [0.4, 0.5) is 5.69 Å². The largest absolute Gasteiger partial charge is 0.497 e. The van der Waals surface area contributed by atoms with E-state index in [0.29, 0.717) is 17.2 Å². The Morgan fingerprint density at radius 3 is 2.37 bits per heavy atom. The van der Waals surface area contributed by atoms with Crippen LogP contribution in [0.1, 0.15) is 18.4 Å². The van der Waals surface area contributed by atoms with Gasteiger partial charge >= 0.3 is 0 Å². The highest BCUT2D eigenvalue weighted by Gasteiger charge is 2.52. The molecule has 4 rings (SSSR count). The fourth-order valence-electron chi connectivity index (χ4n) is 3.52. The second-order valence-corrected chi connectivity index (χ2v) is 6.72. The molecule has 0 radical (unpaired) electrons. The number of ether oxygens (including phenoxy) is 3. The summed E-state index contributed by atoms with van der Waals surface area (Å²) in [5.74, 6) is 1.99. The summed E-state index contributed by atoms with van der Waals surface area (Å²) in [7, 11) is 4.81. The highest BCUT2D eigenvalue weighted by Crippen LogP contribution is 2.51. The number of amides is 1. The third kappa shape index (κ3) is 2.87. The number of anilines is 1. The number of benzene rings is 2. The fraction of sp³-hybridized carbons (Fsp3) is 0.286. The first-order valence-corrected chi connectivity index (χ1v) is 8.80. The van der Waals surface area contributed by atoms with Crippen LogP contribution in [0.3, 0.4) is 0 Å². The molecule has 6 nitrogen and oxygen atoms in total. The van der Waals surface area contributed by atoms with E-state index >= 15 is 0 Å². The molecule has 2 N–H and O–H groups in total. The van der Waals surface area contributed by atoms with E-state index in [0.717, 1.165) is 35.1 Å². The number of hydrogen-bond acceptors (Lipinski definition) is 4. The molecule has 0 spiro atoms. The highest BCUT2D eigenvalue weighted by atomic mass is 16.5. The topological polar surface area (TPSA) is 72.6 Å². The predicted molar refractivity (Wildman–Crippen MR) is 104 cm³/mol. The molecule has 0 unspecified atom stereocenters. The van der Waals surface area contributed by atoms with Gasteiger partial charge in [-0.1, -0.05) is 0 Å². The lowest BCUT2D eigenvalue weighted by molar-refractivity contribution is -0.118. The maximum atomic E-state index is 13.2. The van der Waals surface area contributed by atoms with Gasteiger partial charge in [-0.05, 0) is 48.7 Å². The van der Waals surface area contributed by atoms with Gasteiger partial charge in [0.25, 0.3) is 0 Å². The molecule has 1 aliphatic carbocycles. The Labute approximate surface area is 157 Å². The number of carbonyl (C=O) groups excluding carboxylic acids is 1. The summed E-state index contributed by atoms with van der Waals surface area (Å²) in [4.78, 5) is 16.5. The number of rotatable bonds is 6. The average Bonchev–Trinajstić information content (AvgIpc) is 3.40. The van der Waals surface area contributed by atoms with Gasteiger partial charge in [-0.2, -0.15) is 0 Å². The summed E-state index contributed by atoms with van der Waals surface area (Å²) < 4.78 is 16.0. The van der Waals surface area contributed by atoms with Gasteiger partial charge in [0.15, 0.2) is 0 Å². The molecule has 1 aromatic heterocycles. The number of aromatic amines is 1. The van der Waals surface area contributed by atoms with E-state index in [1.165, 1.54) is 0 Å². The predicted octanol–water partition coefficient (Wildman–Crippen LogP) is 3.86. The zero-order chi connectivity index (χ0) is 19.0. The third-order valence-corrected chi connectivity index (χ3v) is 5.24. The summed E-state index contributed by atoms with van der Waals surface area (Å²) in [5.41, 5.74) is 2.05. The standard InChI is InChI=1S/C21H22N2O4/c1-25-13-4-6-17-15(10-13)16(12-22-17)21(8-9-21)20(24)23-18-11-14(26-2)5-7-19(18)27-3/h4-7,10-12,22H,8-9H2,1-3H3,(H,23,24). The van der Waals surface area contributed by atoms with Crippen LogP contribution in [0.2, 0.25) is 0 Å². The van der Waals surface area contributed by atoms with Crippen molar-refractivity contribution in [3.8, 4) is 17.2 Å². The van der Waals surface area contributed by atoms with Gasteiger partial charge in [0, 0.05) is 23.2 Å². The van der Waals surface area contributed by atoms with Crippen LogP contribution in [0, 0.1) is 0 Å². The molecule has 1 heterocycles. The second kappa shape index (κ2) is 6.54. The molecule has 1 fully saturated rings. The SMILES string of the molecule is COc1ccc(OC)c(NC(=O)C2(c3c[nH]c4ccc(OC)cc34)CC2)c1. The van der Waals surface area contributed by atoms with Gasteiger partial charge in [-0.3, -0.25) is 4.79 Å². The highest BCUT2D eigenvalue weighted by molar-refractivity contribution is 6.05. The maximum Gasteiger partial charge on any atom is 0.235 e. The lowest BCUT2D eigenvalue weighted by atomic mass is 9.94. The maximum absolute atomic E-state index is 13.2. The zero-order valence-corrected chi connectivity index (χ0v) is 15.6. The number of H-pyrrole nitrogens is 1. The number of methoxy groups -OCH3 is 3. The van der Waals surface area contributed by atoms with E-state index in [-0.39, 0.29) is 5.91 Å². The molecule has 27 heavy (non-hydrogen) atoms. The van der Waals surface area contributed by atoms with Crippen LogP contribution in [-0.4, -0.2) is 32.2 Å². The molecule has 0 aliphatic heterocycles. The van der Waals surface area contributed by atoms with Gasteiger partial charge in [0.05, 0.1) is 32.4 Å². The molecule has 6 heteroatoms. The zero-order valence-electron chi connectivity index (χ0n) is 15.6. The lowest BCUT2D eigenvalue weighted by Crippen LogP contribution is -2.27. The number of hydrogen-bond donors (Lipinski definition) is 2. The first-order valence-electron chi connectivity index (χ1n) is 8.80. The van der Waals surface area contributed by atoms with E-state index in [9.17, 15) is 4.79 Å². The van der Waals surface area contributed by atoms with E-state index in [2.05, 4.69) is 10.3 Å². The van der Waals surface area contributed by atoms with Gasteiger partial charge in [-0.15, -0.1) is 0 Å². The summed E-state index contributed by atoms with van der Waals surface area (Å²) in [6, 6.07) is 11.2. The van der Waals surface area contributed by atoms with E-state index < -0.39 is 5.41 Å². The van der Waals surface area contributed by atoms with Crippen LogP contribution in [0.25, 0.3) is 10.9 Å².